The quantitative estimate of drug-likeness (QED) is 0.200. The maximum atomic E-state index is 14.0. The molecule has 2 aromatic rings. The number of primary amides is 1. The maximum absolute atomic E-state index is 14.0. The van der Waals surface area contributed by atoms with Gasteiger partial charge in [0.1, 0.15) is 34.5 Å². The summed E-state index contributed by atoms with van der Waals surface area (Å²) < 4.78 is 28.0. The van der Waals surface area contributed by atoms with Crippen molar-refractivity contribution in [2.45, 2.75) is 31.0 Å². The molecule has 3 aliphatic rings. The van der Waals surface area contributed by atoms with Crippen LogP contribution in [-0.4, -0.2) is 80.9 Å². The SMILES string of the molecule is CN(C)[C@@H]1C(=O)C(C(N)=O)=C(O)[C@@]2(O)C(=O)C3=C(O)c4c(O)ccc(C(=O)CNCc5c(F)cccc5F)c4C[C@H]3C[C@@H]12. The van der Waals surface area contributed by atoms with Gasteiger partial charge in [-0.05, 0) is 62.7 Å². The lowest BCUT2D eigenvalue weighted by atomic mass is 9.57. The van der Waals surface area contributed by atoms with Crippen LogP contribution in [0.5, 0.6) is 5.75 Å². The normalized spacial score (nSPS) is 25.0. The van der Waals surface area contributed by atoms with Crippen LogP contribution in [-0.2, 0) is 27.3 Å². The summed E-state index contributed by atoms with van der Waals surface area (Å²) in [5, 5.41) is 47.2. The van der Waals surface area contributed by atoms with E-state index in [0.717, 1.165) is 18.2 Å². The molecule has 2 aromatic carbocycles. The predicted molar refractivity (Wildman–Crippen MR) is 147 cm³/mol. The number of phenolic OH excluding ortho intramolecular Hbond substituents is 1. The molecular weight excluding hydrogens is 568 g/mol. The molecule has 43 heavy (non-hydrogen) atoms. The third-order valence-corrected chi connectivity index (χ3v) is 8.55. The largest absolute Gasteiger partial charge is 0.508 e. The molecule has 0 aromatic heterocycles. The van der Waals surface area contributed by atoms with E-state index in [1.807, 2.05) is 0 Å². The predicted octanol–water partition coefficient (Wildman–Crippen LogP) is 1.21. The molecule has 0 unspecified atom stereocenters. The van der Waals surface area contributed by atoms with Crippen molar-refractivity contribution in [1.82, 2.24) is 10.2 Å². The van der Waals surface area contributed by atoms with E-state index in [9.17, 15) is 48.4 Å². The number of rotatable bonds is 7. The molecular formula is C30H29F2N3O8. The Morgan fingerprint density at radius 1 is 1.09 bits per heavy atom. The second-order valence-electron chi connectivity index (χ2n) is 11.2. The van der Waals surface area contributed by atoms with Crippen LogP contribution in [0.1, 0.15) is 33.5 Å². The van der Waals surface area contributed by atoms with Crippen LogP contribution in [0.4, 0.5) is 8.78 Å². The van der Waals surface area contributed by atoms with Gasteiger partial charge in [-0.2, -0.15) is 0 Å². The van der Waals surface area contributed by atoms with E-state index in [4.69, 9.17) is 5.73 Å². The molecule has 1 saturated carbocycles. The van der Waals surface area contributed by atoms with E-state index in [0.29, 0.717) is 0 Å². The molecule has 226 valence electrons. The number of aromatic hydroxyl groups is 1. The van der Waals surface area contributed by atoms with Gasteiger partial charge >= 0.3 is 0 Å². The second-order valence-corrected chi connectivity index (χ2v) is 11.2. The van der Waals surface area contributed by atoms with E-state index >= 15 is 0 Å². The molecule has 13 heteroatoms. The van der Waals surface area contributed by atoms with Crippen LogP contribution in [0.3, 0.4) is 0 Å². The number of phenols is 1. The number of benzene rings is 2. The number of likely N-dealkylation sites (N-methyl/N-ethyl adjacent to an activating group) is 1. The van der Waals surface area contributed by atoms with Crippen molar-refractivity contribution in [3.63, 3.8) is 0 Å². The smallest absolute Gasteiger partial charge is 0.255 e. The van der Waals surface area contributed by atoms with Crippen LogP contribution < -0.4 is 11.1 Å². The fourth-order valence-electron chi connectivity index (χ4n) is 6.60. The van der Waals surface area contributed by atoms with Gasteiger partial charge in [0.15, 0.2) is 17.2 Å². The zero-order chi connectivity index (χ0) is 31.5. The molecule has 0 saturated heterocycles. The van der Waals surface area contributed by atoms with Gasteiger partial charge in [0.2, 0.25) is 5.78 Å². The summed E-state index contributed by atoms with van der Waals surface area (Å²) in [6, 6.07) is 4.59. The van der Waals surface area contributed by atoms with Crippen LogP contribution in [0.2, 0.25) is 0 Å². The first-order valence-corrected chi connectivity index (χ1v) is 13.4. The monoisotopic (exact) mass is 597 g/mol. The number of amides is 1. The molecule has 4 atom stereocenters. The number of nitrogens with two attached hydrogens (primary N) is 1. The summed E-state index contributed by atoms with van der Waals surface area (Å²) >= 11 is 0. The summed E-state index contributed by atoms with van der Waals surface area (Å²) in [5.41, 5.74) is 1.04. The van der Waals surface area contributed by atoms with Gasteiger partial charge in [0, 0.05) is 29.2 Å². The van der Waals surface area contributed by atoms with Crippen molar-refractivity contribution < 1.29 is 48.4 Å². The van der Waals surface area contributed by atoms with Crippen molar-refractivity contribution in [1.29, 1.82) is 0 Å². The lowest BCUT2D eigenvalue weighted by molar-refractivity contribution is -0.153. The summed E-state index contributed by atoms with van der Waals surface area (Å²) in [4.78, 5) is 53.8. The van der Waals surface area contributed by atoms with Crippen LogP contribution in [0.15, 0.2) is 47.2 Å². The Balaban J connectivity index is 1.54. The number of aliphatic hydroxyl groups is 3. The van der Waals surface area contributed by atoms with Crippen LogP contribution >= 0.6 is 0 Å². The van der Waals surface area contributed by atoms with Gasteiger partial charge in [-0.3, -0.25) is 24.1 Å². The summed E-state index contributed by atoms with van der Waals surface area (Å²) in [7, 11) is 2.98. The van der Waals surface area contributed by atoms with Crippen LogP contribution in [0, 0.1) is 23.5 Å². The molecule has 1 amide bonds. The molecule has 0 aliphatic heterocycles. The number of fused-ring (bicyclic) bond motifs is 3. The first-order valence-electron chi connectivity index (χ1n) is 13.4. The van der Waals surface area contributed by atoms with Gasteiger partial charge in [-0.25, -0.2) is 8.78 Å². The summed E-state index contributed by atoms with van der Waals surface area (Å²) in [6.07, 6.45) is -0.216. The number of aliphatic hydroxyl groups excluding tert-OH is 2. The van der Waals surface area contributed by atoms with Crippen molar-refractivity contribution in [3.05, 3.63) is 81.1 Å². The zero-order valence-corrected chi connectivity index (χ0v) is 23.1. The molecule has 11 nitrogen and oxygen atoms in total. The highest BCUT2D eigenvalue weighted by molar-refractivity contribution is 6.24. The van der Waals surface area contributed by atoms with Gasteiger partial charge in [-0.1, -0.05) is 6.07 Å². The number of halogens is 2. The number of ketones is 3. The zero-order valence-electron chi connectivity index (χ0n) is 23.1. The number of hydrogen-bond donors (Lipinski definition) is 6. The maximum Gasteiger partial charge on any atom is 0.255 e. The summed E-state index contributed by atoms with van der Waals surface area (Å²) in [5.74, 6) is -10.0. The Morgan fingerprint density at radius 3 is 2.35 bits per heavy atom. The molecule has 0 spiro atoms. The molecule has 7 N–H and O–H groups in total. The number of carbonyl (C=O) groups is 4. The Labute approximate surface area is 243 Å². The molecule has 5 rings (SSSR count). The fraction of sp³-hybridized carbons (Fsp3) is 0.333. The number of nitrogens with zero attached hydrogens (tertiary/aromatic N) is 1. The van der Waals surface area contributed by atoms with Gasteiger partial charge < -0.3 is 31.5 Å². The molecule has 0 heterocycles. The van der Waals surface area contributed by atoms with Gasteiger partial charge in [-0.15, -0.1) is 0 Å². The average molecular weight is 598 g/mol. The Morgan fingerprint density at radius 2 is 1.74 bits per heavy atom. The van der Waals surface area contributed by atoms with Gasteiger partial charge in [0.05, 0.1) is 18.2 Å². The number of carbonyl (C=O) groups excluding carboxylic acids is 4. The third kappa shape index (κ3) is 4.51. The number of nitrogens with one attached hydrogen (secondary N) is 1. The average Bonchev–Trinajstić information content (AvgIpc) is 2.92. The Kier molecular flexibility index (Phi) is 7.45. The standard InChI is InChI=1S/C30H29F2N3O8/c1-35(2)24-16-9-12-8-14-13(20(37)11-34-10-15-17(31)4-3-5-18(15)32)6-7-19(36)22(14)25(38)21(12)27(40)30(16,43)28(41)23(26(24)39)29(33)42/h3-7,12,16,24,34,36,38,41,43H,8-11H2,1-2H3,(H2,33,42)/t12-,16-,24-,30-/m0/s1. The van der Waals surface area contributed by atoms with Gasteiger partial charge in [0.25, 0.3) is 5.91 Å². The summed E-state index contributed by atoms with van der Waals surface area (Å²) in [6.45, 7) is -0.651. The number of Topliss-reactive ketones (excluding diaryl/α,β-unsaturated/α-hetero) is 3. The minimum Gasteiger partial charge on any atom is -0.508 e. The van der Waals surface area contributed by atoms with Crippen molar-refractivity contribution in [2.24, 2.45) is 17.6 Å². The highest BCUT2D eigenvalue weighted by atomic mass is 19.1. The highest BCUT2D eigenvalue weighted by Crippen LogP contribution is 2.52. The fourth-order valence-corrected chi connectivity index (χ4v) is 6.60. The highest BCUT2D eigenvalue weighted by Gasteiger charge is 2.64. The third-order valence-electron chi connectivity index (χ3n) is 8.55. The molecule has 1 fully saturated rings. The lowest BCUT2D eigenvalue weighted by Gasteiger charge is -2.50. The van der Waals surface area contributed by atoms with E-state index in [1.54, 1.807) is 0 Å². The lowest BCUT2D eigenvalue weighted by Crippen LogP contribution is -2.65. The second kappa shape index (κ2) is 10.7. The molecule has 3 aliphatic carbocycles. The van der Waals surface area contributed by atoms with E-state index in [2.05, 4.69) is 5.32 Å². The molecule has 0 bridgehead atoms. The minimum atomic E-state index is -2.78. The van der Waals surface area contributed by atoms with E-state index in [1.165, 1.54) is 31.1 Å². The first kappa shape index (κ1) is 30.0. The van der Waals surface area contributed by atoms with Crippen molar-refractivity contribution in [2.75, 3.05) is 20.6 Å². The van der Waals surface area contributed by atoms with E-state index in [-0.39, 0.29) is 53.8 Å². The Bertz CT molecular complexity index is 1650. The van der Waals surface area contributed by atoms with Crippen LogP contribution in [0.25, 0.3) is 5.76 Å². The molecule has 0 radical (unpaired) electrons. The Hall–Kier alpha value is -4.46. The first-order chi connectivity index (χ1) is 20.2. The van der Waals surface area contributed by atoms with Crippen molar-refractivity contribution >= 4 is 29.0 Å². The topological polar surface area (TPSA) is 190 Å². The van der Waals surface area contributed by atoms with E-state index < -0.39 is 81.2 Å². The minimum absolute atomic E-state index is 0.0656. The number of hydrogen-bond acceptors (Lipinski definition) is 10. The van der Waals surface area contributed by atoms with Crippen molar-refractivity contribution in [3.8, 4) is 5.75 Å².